The van der Waals surface area contributed by atoms with Gasteiger partial charge in [-0.25, -0.2) is 0 Å². The molecule has 2 heterocycles. The van der Waals surface area contributed by atoms with E-state index in [0.717, 1.165) is 36.1 Å². The highest BCUT2D eigenvalue weighted by Crippen LogP contribution is 2.32. The van der Waals surface area contributed by atoms with Crippen LogP contribution in [-0.4, -0.2) is 42.3 Å². The molecule has 2 aromatic heterocycles. The van der Waals surface area contributed by atoms with Gasteiger partial charge in [0.15, 0.2) is 0 Å². The van der Waals surface area contributed by atoms with E-state index < -0.39 is 0 Å². The molecule has 0 spiro atoms. The lowest BCUT2D eigenvalue weighted by Crippen LogP contribution is -2.34. The van der Waals surface area contributed by atoms with Crippen LogP contribution in [0.25, 0.3) is 0 Å². The lowest BCUT2D eigenvalue weighted by molar-refractivity contribution is -0.125. The second-order valence-electron chi connectivity index (χ2n) is 6.59. The molecule has 5 nitrogen and oxygen atoms in total. The smallest absolute Gasteiger partial charge is 0.263 e. The molecule has 0 aromatic carbocycles. The van der Waals surface area contributed by atoms with E-state index in [4.69, 9.17) is 0 Å². The largest absolute Gasteiger partial charge is 0.356 e. The monoisotopic (exact) mass is 357 g/mol. The lowest BCUT2D eigenvalue weighted by Gasteiger charge is -2.21. The van der Waals surface area contributed by atoms with Crippen LogP contribution in [0.5, 0.6) is 0 Å². The van der Waals surface area contributed by atoms with Crippen LogP contribution in [0, 0.1) is 5.92 Å². The number of fused-ring (bicyclic) bond motifs is 1. The van der Waals surface area contributed by atoms with Gasteiger partial charge >= 0.3 is 0 Å². The number of nitrogens with one attached hydrogen (secondary N) is 1. The summed E-state index contributed by atoms with van der Waals surface area (Å²) in [5.74, 6) is 0.158. The number of carbonyl (C=O) groups is 2. The number of hydrogen-bond acceptors (Lipinski definition) is 4. The van der Waals surface area contributed by atoms with Gasteiger partial charge in [0.25, 0.3) is 5.91 Å². The summed E-state index contributed by atoms with van der Waals surface area (Å²) in [6, 6.07) is 5.90. The maximum Gasteiger partial charge on any atom is 0.263 e. The van der Waals surface area contributed by atoms with Crippen LogP contribution in [0.2, 0.25) is 0 Å². The summed E-state index contributed by atoms with van der Waals surface area (Å²) in [7, 11) is 3.53. The lowest BCUT2D eigenvalue weighted by atomic mass is 9.87. The maximum absolute atomic E-state index is 12.5. The minimum atomic E-state index is 0.00171. The van der Waals surface area contributed by atoms with Gasteiger partial charge in [0.1, 0.15) is 0 Å². The molecule has 0 aliphatic heterocycles. The summed E-state index contributed by atoms with van der Waals surface area (Å²) in [4.78, 5) is 32.2. The predicted molar refractivity (Wildman–Crippen MR) is 98.8 cm³/mol. The molecular formula is C19H23N3O2S. The molecule has 0 fully saturated rings. The normalized spacial score (nSPS) is 16.2. The summed E-state index contributed by atoms with van der Waals surface area (Å²) < 4.78 is 0. The van der Waals surface area contributed by atoms with Gasteiger partial charge in [0, 0.05) is 43.8 Å². The van der Waals surface area contributed by atoms with Crippen molar-refractivity contribution in [3.05, 3.63) is 51.5 Å². The van der Waals surface area contributed by atoms with Crippen LogP contribution < -0.4 is 5.32 Å². The number of pyridine rings is 1. The highest BCUT2D eigenvalue weighted by Gasteiger charge is 2.27. The van der Waals surface area contributed by atoms with Gasteiger partial charge in [-0.3, -0.25) is 14.6 Å². The average molecular weight is 357 g/mol. The van der Waals surface area contributed by atoms with Crippen molar-refractivity contribution in [3.8, 4) is 0 Å². The molecule has 1 atom stereocenters. The number of hydrogen-bond donors (Lipinski definition) is 1. The Hall–Kier alpha value is -2.21. The fraction of sp³-hybridized carbons (Fsp3) is 0.421. The Morgan fingerprint density at radius 3 is 2.80 bits per heavy atom. The molecule has 132 valence electrons. The van der Waals surface area contributed by atoms with Crippen LogP contribution in [-0.2, 0) is 24.1 Å². The van der Waals surface area contributed by atoms with Gasteiger partial charge in [0.05, 0.1) is 4.88 Å². The minimum absolute atomic E-state index is 0.00171. The minimum Gasteiger partial charge on any atom is -0.356 e. The first-order chi connectivity index (χ1) is 12.0. The van der Waals surface area contributed by atoms with Gasteiger partial charge in [-0.05, 0) is 55.0 Å². The summed E-state index contributed by atoms with van der Waals surface area (Å²) in [5.41, 5.74) is 2.33. The molecule has 2 amide bonds. The molecule has 3 rings (SSSR count). The Balaban J connectivity index is 1.55. The summed E-state index contributed by atoms with van der Waals surface area (Å²) in [6.45, 7) is 0.639. The second kappa shape index (κ2) is 7.78. The molecule has 0 saturated heterocycles. The van der Waals surface area contributed by atoms with Crippen LogP contribution in [0.4, 0.5) is 0 Å². The Kier molecular flexibility index (Phi) is 5.48. The number of carbonyl (C=O) groups excluding carboxylic acids is 2. The third-order valence-electron chi connectivity index (χ3n) is 4.53. The van der Waals surface area contributed by atoms with Crippen molar-refractivity contribution in [2.24, 2.45) is 5.92 Å². The number of rotatable bonds is 5. The zero-order valence-electron chi connectivity index (χ0n) is 14.6. The number of aryl methyl sites for hydroxylation is 1. The number of nitrogens with zero attached hydrogens (tertiary/aromatic N) is 2. The third-order valence-corrected chi connectivity index (χ3v) is 5.76. The molecule has 1 aliphatic rings. The van der Waals surface area contributed by atoms with Crippen molar-refractivity contribution in [2.45, 2.75) is 25.7 Å². The molecule has 0 radical (unpaired) electrons. The fourth-order valence-corrected chi connectivity index (χ4v) is 4.33. The van der Waals surface area contributed by atoms with Crippen molar-refractivity contribution in [3.63, 3.8) is 0 Å². The number of aromatic nitrogens is 1. The van der Waals surface area contributed by atoms with Crippen LogP contribution in [0.1, 0.15) is 32.1 Å². The van der Waals surface area contributed by atoms with Gasteiger partial charge in [-0.2, -0.15) is 0 Å². The van der Waals surface area contributed by atoms with Crippen molar-refractivity contribution < 1.29 is 9.59 Å². The zero-order valence-corrected chi connectivity index (χ0v) is 15.4. The van der Waals surface area contributed by atoms with E-state index in [0.29, 0.717) is 6.54 Å². The number of amides is 2. The van der Waals surface area contributed by atoms with Crippen LogP contribution >= 0.6 is 11.3 Å². The maximum atomic E-state index is 12.5. The number of thiophene rings is 1. The van der Waals surface area contributed by atoms with E-state index in [1.54, 1.807) is 42.7 Å². The standard InChI is InChI=1S/C19H23N3O2S/c1-22(2)19(24)17-12-15-11-14(3-4-16(15)25-17)18(23)21-10-7-13-5-8-20-9-6-13/h5-6,8-9,12,14H,3-4,7,10-11H2,1-2H3,(H,21,23)/t14-/m1/s1. The topological polar surface area (TPSA) is 62.3 Å². The molecule has 1 aliphatic carbocycles. The molecule has 6 heteroatoms. The molecule has 1 N–H and O–H groups in total. The molecule has 2 aromatic rings. The van der Waals surface area contributed by atoms with Crippen molar-refractivity contribution in [2.75, 3.05) is 20.6 Å². The Morgan fingerprint density at radius 2 is 2.08 bits per heavy atom. The van der Waals surface area contributed by atoms with Gasteiger partial charge < -0.3 is 10.2 Å². The first kappa shape index (κ1) is 17.6. The van der Waals surface area contributed by atoms with Gasteiger partial charge in [-0.1, -0.05) is 0 Å². The van der Waals surface area contributed by atoms with Gasteiger partial charge in [0.2, 0.25) is 5.91 Å². The van der Waals surface area contributed by atoms with Crippen LogP contribution in [0.3, 0.4) is 0 Å². The molecule has 25 heavy (non-hydrogen) atoms. The quantitative estimate of drug-likeness (QED) is 0.893. The zero-order chi connectivity index (χ0) is 17.8. The first-order valence-electron chi connectivity index (χ1n) is 8.54. The van der Waals surface area contributed by atoms with Crippen molar-refractivity contribution >= 4 is 23.2 Å². The van der Waals surface area contributed by atoms with Gasteiger partial charge in [-0.15, -0.1) is 11.3 Å². The first-order valence-corrected chi connectivity index (χ1v) is 9.36. The molecule has 0 unspecified atom stereocenters. The van der Waals surface area contributed by atoms with E-state index in [2.05, 4.69) is 10.3 Å². The highest BCUT2D eigenvalue weighted by atomic mass is 32.1. The van der Waals surface area contributed by atoms with E-state index in [1.807, 2.05) is 18.2 Å². The highest BCUT2D eigenvalue weighted by molar-refractivity contribution is 7.14. The molecule has 0 saturated carbocycles. The molecule has 0 bridgehead atoms. The van der Waals surface area contributed by atoms with Crippen molar-refractivity contribution in [1.82, 2.24) is 15.2 Å². The summed E-state index contributed by atoms with van der Waals surface area (Å²) in [6.07, 6.45) is 6.80. The van der Waals surface area contributed by atoms with E-state index in [9.17, 15) is 9.59 Å². The fourth-order valence-electron chi connectivity index (χ4n) is 3.10. The Labute approximate surface area is 152 Å². The Morgan fingerprint density at radius 1 is 1.32 bits per heavy atom. The van der Waals surface area contributed by atoms with E-state index in [1.165, 1.54) is 10.4 Å². The molecular weight excluding hydrogens is 334 g/mol. The summed E-state index contributed by atoms with van der Waals surface area (Å²) in [5, 5.41) is 3.05. The second-order valence-corrected chi connectivity index (χ2v) is 7.73. The van der Waals surface area contributed by atoms with Crippen LogP contribution in [0.15, 0.2) is 30.6 Å². The average Bonchev–Trinajstić information content (AvgIpc) is 3.04. The van der Waals surface area contributed by atoms with E-state index >= 15 is 0 Å². The van der Waals surface area contributed by atoms with Crippen molar-refractivity contribution in [1.29, 1.82) is 0 Å². The third kappa shape index (κ3) is 4.25. The predicted octanol–water partition coefficient (Wildman–Crippen LogP) is 2.31. The summed E-state index contributed by atoms with van der Waals surface area (Å²) >= 11 is 1.57. The SMILES string of the molecule is CN(C)C(=O)c1cc2c(s1)CC[C@@H](C(=O)NCCc1ccncc1)C2. The Bertz CT molecular complexity index is 755. The van der Waals surface area contributed by atoms with E-state index in [-0.39, 0.29) is 17.7 Å².